The Morgan fingerprint density at radius 3 is 1.56 bits per heavy atom. The second kappa shape index (κ2) is 14.6. The first-order valence-electron chi connectivity index (χ1n) is 6.88. The molecule has 0 aromatic heterocycles. The second-order valence-electron chi connectivity index (χ2n) is 4.52. The van der Waals surface area contributed by atoms with E-state index in [9.17, 15) is 9.46 Å². The Bertz CT molecular complexity index is 235. The van der Waals surface area contributed by atoms with E-state index in [1.54, 1.807) is 0 Å². The van der Waals surface area contributed by atoms with Crippen molar-refractivity contribution in [2.45, 2.75) is 65.2 Å². The number of hydrogen-bond acceptors (Lipinski definition) is 3. The molecule has 0 heterocycles. The third-order valence-corrected chi connectivity index (χ3v) is 4.75. The number of rotatable bonds is 10. The Hall–Kier alpha value is -0.430. The zero-order chi connectivity index (χ0) is 14.3. The summed E-state index contributed by atoms with van der Waals surface area (Å²) in [6.07, 6.45) is 10.7. The van der Waals surface area contributed by atoms with Crippen molar-refractivity contribution in [1.29, 1.82) is 5.41 Å². The molecule has 0 spiro atoms. The minimum absolute atomic E-state index is 0.541. The van der Waals surface area contributed by atoms with Gasteiger partial charge in [-0.2, -0.15) is 0 Å². The van der Waals surface area contributed by atoms with Gasteiger partial charge in [-0.15, -0.1) is 0 Å². The molecule has 2 N–H and O–H groups in total. The van der Waals surface area contributed by atoms with Crippen LogP contribution in [0.2, 0.25) is 0 Å². The predicted octanol–water partition coefficient (Wildman–Crippen LogP) is 4.32. The highest BCUT2D eigenvalue weighted by Crippen LogP contribution is 2.42. The molecular formula is C13H28NO3P. The van der Waals surface area contributed by atoms with Crippen LogP contribution >= 0.6 is 7.37 Å². The zero-order valence-electron chi connectivity index (χ0n) is 11.8. The maximum atomic E-state index is 11.7. The Morgan fingerprint density at radius 1 is 0.944 bits per heavy atom. The van der Waals surface area contributed by atoms with Gasteiger partial charge in [-0.3, -0.25) is 4.57 Å². The van der Waals surface area contributed by atoms with Gasteiger partial charge in [0.05, 0.1) is 0 Å². The zero-order valence-corrected chi connectivity index (χ0v) is 12.7. The van der Waals surface area contributed by atoms with Gasteiger partial charge in [-0.05, 0) is 12.8 Å². The summed E-state index contributed by atoms with van der Waals surface area (Å²) in [6.45, 7) is 4.31. The van der Waals surface area contributed by atoms with Gasteiger partial charge in [0.15, 0.2) is 0 Å². The van der Waals surface area contributed by atoms with Crippen LogP contribution in [0.5, 0.6) is 0 Å². The van der Waals surface area contributed by atoms with Crippen molar-refractivity contribution in [2.75, 3.05) is 12.3 Å². The van der Waals surface area contributed by atoms with Gasteiger partial charge in [-0.25, -0.2) is 10.2 Å². The molecule has 0 saturated heterocycles. The lowest BCUT2D eigenvalue weighted by atomic mass is 10.2. The maximum Gasteiger partial charge on any atom is 0.231 e. The third-order valence-electron chi connectivity index (χ3n) is 2.72. The van der Waals surface area contributed by atoms with Crippen LogP contribution in [-0.2, 0) is 9.36 Å². The fraction of sp³-hybridized carbons (Fsp3) is 0.923. The van der Waals surface area contributed by atoms with E-state index in [0.29, 0.717) is 12.3 Å². The van der Waals surface area contributed by atoms with Crippen molar-refractivity contribution >= 4 is 13.4 Å². The van der Waals surface area contributed by atoms with E-state index < -0.39 is 7.37 Å². The maximum absolute atomic E-state index is 11.7. The molecule has 0 amide bonds. The van der Waals surface area contributed by atoms with Crippen LogP contribution in [0.1, 0.15) is 65.2 Å². The summed E-state index contributed by atoms with van der Waals surface area (Å²) in [5.41, 5.74) is 0. The van der Waals surface area contributed by atoms with E-state index >= 15 is 0 Å². The summed E-state index contributed by atoms with van der Waals surface area (Å²) in [6, 6.07) is 0. The highest BCUT2D eigenvalue weighted by atomic mass is 31.2. The van der Waals surface area contributed by atoms with E-state index in [1.807, 2.05) is 0 Å². The van der Waals surface area contributed by atoms with Gasteiger partial charge < -0.3 is 4.89 Å². The molecule has 0 fully saturated rings. The number of isocyanates is 1. The molecule has 0 saturated carbocycles. The molecule has 0 bridgehead atoms. The molecule has 4 nitrogen and oxygen atoms in total. The largest absolute Gasteiger partial charge is 0.344 e. The van der Waals surface area contributed by atoms with E-state index in [0.717, 1.165) is 31.8 Å². The van der Waals surface area contributed by atoms with Gasteiger partial charge in [0, 0.05) is 12.3 Å². The van der Waals surface area contributed by atoms with Crippen molar-refractivity contribution < 1.29 is 14.3 Å². The highest BCUT2D eigenvalue weighted by molar-refractivity contribution is 7.57. The molecule has 0 aromatic rings. The Kier molecular flexibility index (Phi) is 16.2. The molecule has 108 valence electrons. The molecule has 0 aliphatic carbocycles. The Morgan fingerprint density at radius 2 is 1.28 bits per heavy atom. The topological polar surface area (TPSA) is 78.2 Å². The fourth-order valence-electron chi connectivity index (χ4n) is 1.68. The van der Waals surface area contributed by atoms with Crippen molar-refractivity contribution in [3.05, 3.63) is 0 Å². The van der Waals surface area contributed by atoms with Crippen LogP contribution in [0.25, 0.3) is 0 Å². The molecular weight excluding hydrogens is 249 g/mol. The summed E-state index contributed by atoms with van der Waals surface area (Å²) in [7, 11) is -2.77. The lowest BCUT2D eigenvalue weighted by Crippen LogP contribution is -1.95. The van der Waals surface area contributed by atoms with Crippen LogP contribution in [0.3, 0.4) is 0 Å². The van der Waals surface area contributed by atoms with Gasteiger partial charge in [0.25, 0.3) is 0 Å². The average Bonchev–Trinajstić information content (AvgIpc) is 2.32. The normalized spacial score (nSPS) is 10.4. The number of nitrogens with one attached hydrogen (secondary N) is 1. The summed E-state index contributed by atoms with van der Waals surface area (Å²) in [5, 5.41) is 5.40. The van der Waals surface area contributed by atoms with Crippen LogP contribution in [0.4, 0.5) is 0 Å². The highest BCUT2D eigenvalue weighted by Gasteiger charge is 2.16. The number of unbranched alkanes of at least 4 members (excludes halogenated alkanes) is 6. The predicted molar refractivity (Wildman–Crippen MR) is 76.3 cm³/mol. The summed E-state index contributed by atoms with van der Waals surface area (Å²) >= 11 is 0. The van der Waals surface area contributed by atoms with E-state index in [1.165, 1.54) is 25.7 Å². The SMILES string of the molecule is CCCCCCP(=O)(O)CCCCCC.N=C=O. The molecule has 0 aliphatic heterocycles. The minimum Gasteiger partial charge on any atom is -0.344 e. The first kappa shape index (κ1) is 19.9. The molecule has 5 heteroatoms. The molecule has 0 aliphatic rings. The average molecular weight is 277 g/mol. The molecule has 0 atom stereocenters. The number of hydrogen-bond donors (Lipinski definition) is 2. The molecule has 0 unspecified atom stereocenters. The van der Waals surface area contributed by atoms with Crippen molar-refractivity contribution in [2.24, 2.45) is 0 Å². The minimum atomic E-state index is -2.77. The van der Waals surface area contributed by atoms with Crippen LogP contribution in [-0.4, -0.2) is 23.3 Å². The monoisotopic (exact) mass is 277 g/mol. The smallest absolute Gasteiger partial charge is 0.231 e. The molecule has 0 radical (unpaired) electrons. The lowest BCUT2D eigenvalue weighted by Gasteiger charge is -2.10. The van der Waals surface area contributed by atoms with Crippen LogP contribution < -0.4 is 0 Å². The first-order valence-corrected chi connectivity index (χ1v) is 8.91. The quantitative estimate of drug-likeness (QED) is 0.270. The van der Waals surface area contributed by atoms with E-state index in [-0.39, 0.29) is 0 Å². The van der Waals surface area contributed by atoms with Crippen LogP contribution in [0, 0.1) is 5.41 Å². The van der Waals surface area contributed by atoms with Crippen LogP contribution in [0.15, 0.2) is 0 Å². The van der Waals surface area contributed by atoms with Gasteiger partial charge in [-0.1, -0.05) is 52.4 Å². The van der Waals surface area contributed by atoms with E-state index in [2.05, 4.69) is 13.8 Å². The fourth-order valence-corrected chi connectivity index (χ4v) is 3.34. The summed E-state index contributed by atoms with van der Waals surface area (Å²) < 4.78 is 11.7. The first-order chi connectivity index (χ1) is 8.54. The van der Waals surface area contributed by atoms with Gasteiger partial charge >= 0.3 is 0 Å². The van der Waals surface area contributed by atoms with Gasteiger partial charge in [0.2, 0.25) is 13.4 Å². The Balaban J connectivity index is 0. The van der Waals surface area contributed by atoms with Crippen molar-refractivity contribution in [3.8, 4) is 0 Å². The van der Waals surface area contributed by atoms with Gasteiger partial charge in [0.1, 0.15) is 0 Å². The number of carbonyl (C=O) groups excluding carboxylic acids is 1. The standard InChI is InChI=1S/C12H27O2P.CHNO/c1-3-5-7-9-11-15(13,14)12-10-8-6-4-2;2-1-3/h3-12H2,1-2H3,(H,13,14);2H. The van der Waals surface area contributed by atoms with Crippen molar-refractivity contribution in [1.82, 2.24) is 0 Å². The second-order valence-corrected chi connectivity index (χ2v) is 7.10. The molecule has 18 heavy (non-hydrogen) atoms. The molecule has 0 rings (SSSR count). The lowest BCUT2D eigenvalue weighted by molar-refractivity contribution is 0.470. The summed E-state index contributed by atoms with van der Waals surface area (Å²) in [4.78, 5) is 18.0. The summed E-state index contributed by atoms with van der Waals surface area (Å²) in [5.74, 6) is 0. The Labute approximate surface area is 111 Å². The third kappa shape index (κ3) is 17.9. The van der Waals surface area contributed by atoms with Crippen molar-refractivity contribution in [3.63, 3.8) is 0 Å². The van der Waals surface area contributed by atoms with E-state index in [4.69, 9.17) is 10.2 Å². The molecule has 0 aromatic carbocycles.